The molecule has 2 aromatic rings. The minimum absolute atomic E-state index is 0.0321. The zero-order chi connectivity index (χ0) is 14.5. The van der Waals surface area contributed by atoms with Crippen LogP contribution in [0.15, 0.2) is 35.2 Å². The number of nitrogens with zero attached hydrogens (tertiary/aromatic N) is 1. The average molecular weight is 284 g/mol. The Bertz CT molecular complexity index is 547. The van der Waals surface area contributed by atoms with Crippen LogP contribution in [0.25, 0.3) is 0 Å². The van der Waals surface area contributed by atoms with Crippen molar-refractivity contribution in [1.29, 1.82) is 0 Å². The van der Waals surface area contributed by atoms with Gasteiger partial charge in [-0.05, 0) is 24.6 Å². The fourth-order valence-corrected chi connectivity index (χ4v) is 1.72. The lowest BCUT2D eigenvalue weighted by molar-refractivity contribution is -0.0514. The Balaban J connectivity index is 2.29. The number of hydrogen-bond donors (Lipinski definition) is 1. The van der Waals surface area contributed by atoms with Gasteiger partial charge >= 0.3 is 6.61 Å². The van der Waals surface area contributed by atoms with E-state index in [-0.39, 0.29) is 11.5 Å². The molecule has 0 aliphatic heterocycles. The predicted octanol–water partition coefficient (Wildman–Crippen LogP) is 2.72. The Hall–Kier alpha value is -2.15. The normalized spacial score (nSPS) is 12.4. The zero-order valence-corrected chi connectivity index (χ0v) is 10.8. The molecule has 0 radical (unpaired) electrons. The molecule has 0 saturated carbocycles. The van der Waals surface area contributed by atoms with Crippen molar-refractivity contribution in [2.24, 2.45) is 5.73 Å². The molecule has 20 heavy (non-hydrogen) atoms. The van der Waals surface area contributed by atoms with Crippen LogP contribution in [0, 0.1) is 0 Å². The number of rotatable bonds is 6. The van der Waals surface area contributed by atoms with E-state index in [1.54, 1.807) is 19.1 Å². The number of oxazole rings is 1. The lowest BCUT2D eigenvalue weighted by Gasteiger charge is -2.15. The molecule has 0 fully saturated rings. The molecule has 108 valence electrons. The largest absolute Gasteiger partial charge is 0.490 e. The maximum absolute atomic E-state index is 12.3. The van der Waals surface area contributed by atoms with Crippen LogP contribution < -0.4 is 15.2 Å². The van der Waals surface area contributed by atoms with Gasteiger partial charge in [-0.15, -0.1) is 0 Å². The molecule has 0 aliphatic carbocycles. The molecule has 1 heterocycles. The Morgan fingerprint density at radius 2 is 2.15 bits per heavy atom. The number of hydrogen-bond acceptors (Lipinski definition) is 5. The molecule has 1 unspecified atom stereocenters. The third-order valence-electron chi connectivity index (χ3n) is 2.60. The molecule has 0 amide bonds. The van der Waals surface area contributed by atoms with Crippen LogP contribution in [0.4, 0.5) is 8.78 Å². The van der Waals surface area contributed by atoms with Gasteiger partial charge in [0, 0.05) is 0 Å². The SMILES string of the molecule is CCOc1cc(C(N)c2cnco2)ccc1OC(F)F. The number of ether oxygens (including phenoxy) is 2. The van der Waals surface area contributed by atoms with E-state index in [4.69, 9.17) is 14.9 Å². The summed E-state index contributed by atoms with van der Waals surface area (Å²) < 4.78 is 39.4. The van der Waals surface area contributed by atoms with Crippen LogP contribution in [0.2, 0.25) is 0 Å². The number of benzene rings is 1. The van der Waals surface area contributed by atoms with E-state index in [1.165, 1.54) is 18.7 Å². The van der Waals surface area contributed by atoms with Crippen LogP contribution in [-0.4, -0.2) is 18.2 Å². The predicted molar refractivity (Wildman–Crippen MR) is 66.8 cm³/mol. The van der Waals surface area contributed by atoms with Crippen molar-refractivity contribution in [1.82, 2.24) is 4.98 Å². The maximum Gasteiger partial charge on any atom is 0.387 e. The van der Waals surface area contributed by atoms with Crippen molar-refractivity contribution in [3.8, 4) is 11.5 Å². The highest BCUT2D eigenvalue weighted by atomic mass is 19.3. The second kappa shape index (κ2) is 6.33. The first kappa shape index (κ1) is 14.3. The van der Waals surface area contributed by atoms with Gasteiger partial charge in [-0.3, -0.25) is 0 Å². The minimum Gasteiger partial charge on any atom is -0.490 e. The van der Waals surface area contributed by atoms with Gasteiger partial charge in [0.2, 0.25) is 0 Å². The van der Waals surface area contributed by atoms with Gasteiger partial charge in [-0.1, -0.05) is 6.07 Å². The fraction of sp³-hybridized carbons (Fsp3) is 0.308. The lowest BCUT2D eigenvalue weighted by Crippen LogP contribution is -2.12. The van der Waals surface area contributed by atoms with Crippen molar-refractivity contribution in [3.05, 3.63) is 42.1 Å². The zero-order valence-electron chi connectivity index (χ0n) is 10.8. The van der Waals surface area contributed by atoms with Crippen LogP contribution in [0.3, 0.4) is 0 Å². The van der Waals surface area contributed by atoms with Crippen molar-refractivity contribution in [2.45, 2.75) is 19.6 Å². The van der Waals surface area contributed by atoms with Gasteiger partial charge < -0.3 is 19.6 Å². The summed E-state index contributed by atoms with van der Waals surface area (Å²) in [6, 6.07) is 3.96. The van der Waals surface area contributed by atoms with E-state index in [2.05, 4.69) is 9.72 Å². The minimum atomic E-state index is -2.91. The molecule has 1 aromatic carbocycles. The number of aromatic nitrogens is 1. The number of alkyl halides is 2. The van der Waals surface area contributed by atoms with Crippen molar-refractivity contribution in [3.63, 3.8) is 0 Å². The van der Waals surface area contributed by atoms with E-state index >= 15 is 0 Å². The molecule has 7 heteroatoms. The maximum atomic E-state index is 12.3. The summed E-state index contributed by atoms with van der Waals surface area (Å²) in [5, 5.41) is 0. The van der Waals surface area contributed by atoms with Gasteiger partial charge in [-0.2, -0.15) is 8.78 Å². The van der Waals surface area contributed by atoms with Gasteiger partial charge in [0.15, 0.2) is 17.9 Å². The second-order valence-corrected chi connectivity index (χ2v) is 3.90. The van der Waals surface area contributed by atoms with E-state index in [9.17, 15) is 8.78 Å². The molecule has 0 saturated heterocycles. The first-order chi connectivity index (χ1) is 9.61. The standard InChI is InChI=1S/C13H14F2N2O3/c1-2-18-10-5-8(3-4-9(10)20-13(14)15)12(16)11-6-17-7-19-11/h3-7,12-13H,2,16H2,1H3. The van der Waals surface area contributed by atoms with Crippen LogP contribution in [0.5, 0.6) is 11.5 Å². The molecule has 0 bridgehead atoms. The van der Waals surface area contributed by atoms with E-state index in [1.807, 2.05) is 0 Å². The molecular formula is C13H14F2N2O3. The summed E-state index contributed by atoms with van der Waals surface area (Å²) >= 11 is 0. The summed E-state index contributed by atoms with van der Waals surface area (Å²) in [6.07, 6.45) is 2.77. The molecule has 5 nitrogen and oxygen atoms in total. The first-order valence-electron chi connectivity index (χ1n) is 5.97. The van der Waals surface area contributed by atoms with Gasteiger partial charge in [0.1, 0.15) is 5.76 Å². The second-order valence-electron chi connectivity index (χ2n) is 3.90. The Labute approximate surface area is 114 Å². The molecular weight excluding hydrogens is 270 g/mol. The fourth-order valence-electron chi connectivity index (χ4n) is 1.72. The van der Waals surface area contributed by atoms with Crippen LogP contribution >= 0.6 is 0 Å². The highest BCUT2D eigenvalue weighted by molar-refractivity contribution is 5.45. The third kappa shape index (κ3) is 3.24. The quantitative estimate of drug-likeness (QED) is 0.883. The highest BCUT2D eigenvalue weighted by Crippen LogP contribution is 2.32. The van der Waals surface area contributed by atoms with Gasteiger partial charge in [0.05, 0.1) is 18.8 Å². The molecule has 2 N–H and O–H groups in total. The van der Waals surface area contributed by atoms with Crippen molar-refractivity contribution < 1.29 is 22.7 Å². The molecule has 0 aliphatic rings. The van der Waals surface area contributed by atoms with E-state index in [0.717, 1.165) is 0 Å². The van der Waals surface area contributed by atoms with Gasteiger partial charge in [0.25, 0.3) is 0 Å². The monoisotopic (exact) mass is 284 g/mol. The summed E-state index contributed by atoms with van der Waals surface area (Å²) in [6.45, 7) is -0.849. The average Bonchev–Trinajstić information content (AvgIpc) is 2.93. The van der Waals surface area contributed by atoms with Crippen molar-refractivity contribution in [2.75, 3.05) is 6.61 Å². The molecule has 2 rings (SSSR count). The topological polar surface area (TPSA) is 70.5 Å². The van der Waals surface area contributed by atoms with Crippen LogP contribution in [-0.2, 0) is 0 Å². The molecule has 1 atom stereocenters. The van der Waals surface area contributed by atoms with Crippen LogP contribution in [0.1, 0.15) is 24.3 Å². The number of halogens is 2. The summed E-state index contributed by atoms with van der Waals surface area (Å²) in [4.78, 5) is 3.78. The summed E-state index contributed by atoms with van der Waals surface area (Å²) in [5.41, 5.74) is 6.64. The Morgan fingerprint density at radius 3 is 2.75 bits per heavy atom. The first-order valence-corrected chi connectivity index (χ1v) is 5.97. The highest BCUT2D eigenvalue weighted by Gasteiger charge is 2.17. The van der Waals surface area contributed by atoms with Crippen molar-refractivity contribution >= 4 is 0 Å². The van der Waals surface area contributed by atoms with Gasteiger partial charge in [-0.25, -0.2) is 4.98 Å². The smallest absolute Gasteiger partial charge is 0.387 e. The third-order valence-corrected chi connectivity index (χ3v) is 2.60. The number of nitrogens with two attached hydrogens (primary N) is 1. The Kier molecular flexibility index (Phi) is 4.52. The summed E-state index contributed by atoms with van der Waals surface area (Å²) in [7, 11) is 0. The van der Waals surface area contributed by atoms with E-state index in [0.29, 0.717) is 17.9 Å². The summed E-state index contributed by atoms with van der Waals surface area (Å²) in [5.74, 6) is 0.644. The van der Waals surface area contributed by atoms with E-state index < -0.39 is 12.7 Å². The molecule has 0 spiro atoms. The lowest BCUT2D eigenvalue weighted by atomic mass is 10.1. The molecule has 1 aromatic heterocycles. The Morgan fingerprint density at radius 1 is 1.35 bits per heavy atom.